The van der Waals surface area contributed by atoms with E-state index in [-0.39, 0.29) is 11.8 Å². The fraction of sp³-hybridized carbons (Fsp3) is 0.391. The molecule has 0 aliphatic heterocycles. The summed E-state index contributed by atoms with van der Waals surface area (Å²) in [7, 11) is 3.17. The van der Waals surface area contributed by atoms with Gasteiger partial charge in [0.15, 0.2) is 11.5 Å². The first-order chi connectivity index (χ1) is 13.8. The normalized spacial score (nSPS) is 10.9. The van der Waals surface area contributed by atoms with Crippen molar-refractivity contribution in [2.75, 3.05) is 20.8 Å². The van der Waals surface area contributed by atoms with Crippen LogP contribution in [0.5, 0.6) is 11.5 Å². The van der Waals surface area contributed by atoms with Gasteiger partial charge in [0.05, 0.1) is 14.2 Å². The van der Waals surface area contributed by atoms with Gasteiger partial charge in [-0.2, -0.15) is 0 Å². The summed E-state index contributed by atoms with van der Waals surface area (Å²) in [5, 5.41) is 5.71. The zero-order valence-electron chi connectivity index (χ0n) is 17.8. The molecule has 0 heterocycles. The lowest BCUT2D eigenvalue weighted by Crippen LogP contribution is -2.48. The maximum Gasteiger partial charge on any atom is 0.235 e. The Bertz CT molecular complexity index is 862. The molecule has 6 nitrogen and oxygen atoms in total. The van der Waals surface area contributed by atoms with E-state index in [1.54, 1.807) is 28.1 Å². The lowest BCUT2D eigenvalue weighted by molar-refractivity contribution is -0.141. The maximum atomic E-state index is 12.6. The second-order valence-electron chi connectivity index (χ2n) is 7.49. The fourth-order valence-electron chi connectivity index (χ4n) is 2.91. The molecule has 0 atom stereocenters. The Hall–Kier alpha value is -3.02. The van der Waals surface area contributed by atoms with E-state index in [0.29, 0.717) is 31.0 Å². The lowest BCUT2D eigenvalue weighted by Gasteiger charge is -2.23. The molecular weight excluding hydrogens is 368 g/mol. The molecule has 0 aliphatic carbocycles. The zero-order valence-corrected chi connectivity index (χ0v) is 17.8. The number of carbonyl (C=O) groups excluding carboxylic acids is 2. The highest BCUT2D eigenvalue weighted by atomic mass is 16.5. The van der Waals surface area contributed by atoms with Crippen LogP contribution in [0.1, 0.15) is 30.5 Å². The van der Waals surface area contributed by atoms with Crippen LogP contribution in [0, 0.1) is 12.3 Å². The van der Waals surface area contributed by atoms with Crippen molar-refractivity contribution in [1.82, 2.24) is 10.6 Å². The van der Waals surface area contributed by atoms with Gasteiger partial charge in [-0.3, -0.25) is 9.59 Å². The monoisotopic (exact) mass is 398 g/mol. The summed E-state index contributed by atoms with van der Waals surface area (Å²) in [6.45, 7) is 6.07. The van der Waals surface area contributed by atoms with E-state index in [1.165, 1.54) is 0 Å². The third-order valence-electron chi connectivity index (χ3n) is 4.82. The van der Waals surface area contributed by atoms with Crippen LogP contribution in [0.2, 0.25) is 0 Å². The molecule has 0 bridgehead atoms. The summed E-state index contributed by atoms with van der Waals surface area (Å²) in [6, 6.07) is 13.5. The average Bonchev–Trinajstić information content (AvgIpc) is 2.71. The van der Waals surface area contributed by atoms with E-state index >= 15 is 0 Å². The topological polar surface area (TPSA) is 76.7 Å². The van der Waals surface area contributed by atoms with Gasteiger partial charge in [0.1, 0.15) is 5.41 Å². The van der Waals surface area contributed by atoms with E-state index < -0.39 is 5.41 Å². The number of methoxy groups -OCH3 is 2. The minimum atomic E-state index is -1.17. The number of hydrogen-bond acceptors (Lipinski definition) is 4. The molecule has 0 spiro atoms. The Balaban J connectivity index is 1.87. The molecular formula is C23H30N2O4. The standard InChI is InChI=1S/C23H30N2O4/c1-16-7-6-8-18(13-16)15-25-22(27)23(2,3)21(26)24-12-11-17-9-10-19(28-4)20(14-17)29-5/h6-10,13-14H,11-12,15H2,1-5H3,(H,24,26)(H,25,27). The highest BCUT2D eigenvalue weighted by molar-refractivity contribution is 6.04. The average molecular weight is 399 g/mol. The van der Waals surface area contributed by atoms with E-state index in [1.807, 2.05) is 49.4 Å². The van der Waals surface area contributed by atoms with Crippen LogP contribution < -0.4 is 20.1 Å². The van der Waals surface area contributed by atoms with Gasteiger partial charge in [-0.15, -0.1) is 0 Å². The summed E-state index contributed by atoms with van der Waals surface area (Å²) < 4.78 is 10.5. The van der Waals surface area contributed by atoms with Crippen LogP contribution in [0.4, 0.5) is 0 Å². The number of ether oxygens (including phenoxy) is 2. The lowest BCUT2D eigenvalue weighted by atomic mass is 9.91. The van der Waals surface area contributed by atoms with E-state index in [4.69, 9.17) is 9.47 Å². The van der Waals surface area contributed by atoms with Crippen LogP contribution in [0.25, 0.3) is 0 Å². The molecule has 2 amide bonds. The first kappa shape index (κ1) is 22.3. The number of rotatable bonds is 9. The van der Waals surface area contributed by atoms with Crippen molar-refractivity contribution in [2.24, 2.45) is 5.41 Å². The molecule has 0 aliphatic rings. The van der Waals surface area contributed by atoms with Crippen molar-refractivity contribution in [3.05, 3.63) is 59.2 Å². The Morgan fingerprint density at radius 2 is 1.59 bits per heavy atom. The molecule has 0 aromatic heterocycles. The molecule has 0 saturated carbocycles. The van der Waals surface area contributed by atoms with Crippen molar-refractivity contribution in [3.63, 3.8) is 0 Å². The van der Waals surface area contributed by atoms with Crippen molar-refractivity contribution in [2.45, 2.75) is 33.7 Å². The molecule has 29 heavy (non-hydrogen) atoms. The summed E-state index contributed by atoms with van der Waals surface area (Å²) in [4.78, 5) is 25.1. The molecule has 2 N–H and O–H groups in total. The molecule has 2 rings (SSSR count). The number of carbonyl (C=O) groups is 2. The van der Waals surface area contributed by atoms with E-state index in [0.717, 1.165) is 16.7 Å². The van der Waals surface area contributed by atoms with Crippen molar-refractivity contribution >= 4 is 11.8 Å². The summed E-state index contributed by atoms with van der Waals surface area (Å²) in [6.07, 6.45) is 0.618. The molecule has 0 fully saturated rings. The molecule has 0 saturated heterocycles. The first-order valence-corrected chi connectivity index (χ1v) is 9.61. The molecule has 2 aromatic rings. The van der Waals surface area contributed by atoms with Gasteiger partial charge in [-0.1, -0.05) is 35.9 Å². The van der Waals surface area contributed by atoms with Crippen LogP contribution in [0.3, 0.4) is 0 Å². The van der Waals surface area contributed by atoms with Crippen molar-refractivity contribution in [1.29, 1.82) is 0 Å². The van der Waals surface area contributed by atoms with Gasteiger partial charge in [-0.05, 0) is 50.5 Å². The predicted octanol–water partition coefficient (Wildman–Crippen LogP) is 3.01. The first-order valence-electron chi connectivity index (χ1n) is 9.61. The SMILES string of the molecule is COc1ccc(CCNC(=O)C(C)(C)C(=O)NCc2cccc(C)c2)cc1OC. The molecule has 0 unspecified atom stereocenters. The number of benzene rings is 2. The highest BCUT2D eigenvalue weighted by Crippen LogP contribution is 2.27. The minimum Gasteiger partial charge on any atom is -0.493 e. The third-order valence-corrected chi connectivity index (χ3v) is 4.82. The Kier molecular flexibility index (Phi) is 7.65. The molecule has 2 aromatic carbocycles. The molecule has 0 radical (unpaired) electrons. The quantitative estimate of drug-likeness (QED) is 0.637. The Morgan fingerprint density at radius 3 is 2.24 bits per heavy atom. The minimum absolute atomic E-state index is 0.303. The molecule has 6 heteroatoms. The van der Waals surface area contributed by atoms with Gasteiger partial charge in [0, 0.05) is 13.1 Å². The van der Waals surface area contributed by atoms with Crippen molar-refractivity contribution < 1.29 is 19.1 Å². The number of amides is 2. The predicted molar refractivity (Wildman–Crippen MR) is 113 cm³/mol. The molecule has 156 valence electrons. The zero-order chi connectivity index (χ0) is 21.4. The number of nitrogens with one attached hydrogen (secondary N) is 2. The largest absolute Gasteiger partial charge is 0.493 e. The van der Waals surface area contributed by atoms with Gasteiger partial charge >= 0.3 is 0 Å². The highest BCUT2D eigenvalue weighted by Gasteiger charge is 2.35. The van der Waals surface area contributed by atoms with E-state index in [9.17, 15) is 9.59 Å². The number of hydrogen-bond donors (Lipinski definition) is 2. The summed E-state index contributed by atoms with van der Waals surface area (Å²) >= 11 is 0. The van der Waals surface area contributed by atoms with Gasteiger partial charge in [0.2, 0.25) is 11.8 Å². The van der Waals surface area contributed by atoms with Gasteiger partial charge in [0.25, 0.3) is 0 Å². The van der Waals surface area contributed by atoms with Gasteiger partial charge in [-0.25, -0.2) is 0 Å². The van der Waals surface area contributed by atoms with Crippen LogP contribution in [0.15, 0.2) is 42.5 Å². The van der Waals surface area contributed by atoms with Crippen LogP contribution >= 0.6 is 0 Å². The van der Waals surface area contributed by atoms with Crippen LogP contribution in [-0.4, -0.2) is 32.6 Å². The summed E-state index contributed by atoms with van der Waals surface area (Å²) in [5.41, 5.74) is 1.97. The third kappa shape index (κ3) is 5.98. The number of aryl methyl sites for hydroxylation is 1. The van der Waals surface area contributed by atoms with Gasteiger partial charge < -0.3 is 20.1 Å². The second kappa shape index (κ2) is 9.96. The van der Waals surface area contributed by atoms with Crippen molar-refractivity contribution in [3.8, 4) is 11.5 Å². The Labute approximate surface area is 172 Å². The smallest absolute Gasteiger partial charge is 0.235 e. The second-order valence-corrected chi connectivity index (χ2v) is 7.49. The fourth-order valence-corrected chi connectivity index (χ4v) is 2.91. The Morgan fingerprint density at radius 1 is 0.897 bits per heavy atom. The maximum absolute atomic E-state index is 12.6. The van der Waals surface area contributed by atoms with Crippen LogP contribution in [-0.2, 0) is 22.6 Å². The summed E-state index contributed by atoms with van der Waals surface area (Å²) in [5.74, 6) is 0.696. The van der Waals surface area contributed by atoms with E-state index in [2.05, 4.69) is 10.6 Å².